The summed E-state index contributed by atoms with van der Waals surface area (Å²) in [7, 11) is 0. The molecule has 0 atom stereocenters. The van der Waals surface area contributed by atoms with E-state index < -0.39 is 17.6 Å². The molecule has 2 N–H and O–H groups in total. The number of carbonyl (C=O) groups is 1. The van der Waals surface area contributed by atoms with Crippen LogP contribution in [0.5, 0.6) is 0 Å². The first-order chi connectivity index (χ1) is 16.7. The Hall–Kier alpha value is -3.96. The number of halogens is 4. The van der Waals surface area contributed by atoms with Crippen molar-refractivity contribution >= 4 is 29.2 Å². The molecule has 2 aromatic heterocycles. The summed E-state index contributed by atoms with van der Waals surface area (Å²) in [4.78, 5) is 30.0. The van der Waals surface area contributed by atoms with Crippen molar-refractivity contribution in [3.05, 3.63) is 54.0 Å². The fourth-order valence-corrected chi connectivity index (χ4v) is 4.10. The average molecular weight is 487 g/mol. The summed E-state index contributed by atoms with van der Waals surface area (Å²) in [6.45, 7) is 1.83. The van der Waals surface area contributed by atoms with Crippen molar-refractivity contribution in [2.24, 2.45) is 0 Å². The van der Waals surface area contributed by atoms with E-state index in [1.807, 2.05) is 4.90 Å². The van der Waals surface area contributed by atoms with Gasteiger partial charge in [0.05, 0.1) is 16.9 Å². The summed E-state index contributed by atoms with van der Waals surface area (Å²) in [5, 5.41) is 0. The third kappa shape index (κ3) is 4.43. The molecule has 12 heteroatoms. The minimum absolute atomic E-state index is 0.0336. The van der Waals surface area contributed by atoms with E-state index in [2.05, 4.69) is 15.0 Å². The minimum Gasteiger partial charge on any atom is -0.396 e. The van der Waals surface area contributed by atoms with Gasteiger partial charge in [-0.05, 0) is 30.3 Å². The number of nitrogens with zero attached hydrogens (tertiary/aromatic N) is 6. The number of pyridine rings is 1. The molecule has 35 heavy (non-hydrogen) atoms. The Kier molecular flexibility index (Phi) is 5.65. The summed E-state index contributed by atoms with van der Waals surface area (Å²) < 4.78 is 54.0. The van der Waals surface area contributed by atoms with Gasteiger partial charge in [-0.15, -0.1) is 0 Å². The zero-order chi connectivity index (χ0) is 24.7. The van der Waals surface area contributed by atoms with Crippen molar-refractivity contribution < 1.29 is 22.4 Å². The maximum atomic E-state index is 13.7. The number of amides is 1. The standard InChI is InChI=1S/C23H21F4N7O/c24-16-4-3-14(12-17(16)28)18-13-19(31-22(30-18)34-7-5-20(34)35)32-8-10-33(11-9-32)21-15(23(25,26)27)2-1-6-29-21/h1-4,6,12-13H,5,7-11,28H2. The number of alkyl halides is 3. The number of rotatable bonds is 4. The van der Waals surface area contributed by atoms with E-state index >= 15 is 0 Å². The van der Waals surface area contributed by atoms with E-state index in [1.54, 1.807) is 11.0 Å². The van der Waals surface area contributed by atoms with Crippen molar-refractivity contribution in [2.75, 3.05) is 53.2 Å². The maximum Gasteiger partial charge on any atom is 0.419 e. The third-order valence-corrected chi connectivity index (χ3v) is 6.08. The highest BCUT2D eigenvalue weighted by atomic mass is 19.4. The van der Waals surface area contributed by atoms with Crippen LogP contribution in [-0.4, -0.2) is 53.6 Å². The van der Waals surface area contributed by atoms with Crippen LogP contribution in [0.15, 0.2) is 42.6 Å². The molecule has 4 heterocycles. The van der Waals surface area contributed by atoms with Crippen molar-refractivity contribution in [1.82, 2.24) is 15.0 Å². The summed E-state index contributed by atoms with van der Waals surface area (Å²) in [6.07, 6.45) is -2.76. The first-order valence-corrected chi connectivity index (χ1v) is 11.0. The zero-order valence-corrected chi connectivity index (χ0v) is 18.5. The minimum atomic E-state index is -4.50. The Morgan fingerprint density at radius 1 is 0.943 bits per heavy atom. The van der Waals surface area contributed by atoms with Crippen molar-refractivity contribution in [3.8, 4) is 11.3 Å². The zero-order valence-electron chi connectivity index (χ0n) is 18.5. The molecule has 182 valence electrons. The van der Waals surface area contributed by atoms with Gasteiger partial charge < -0.3 is 15.5 Å². The number of anilines is 4. The SMILES string of the molecule is Nc1cc(-c2cc(N3CCN(c4ncccc4C(F)(F)F)CC3)nc(N3CCC3=O)n2)ccc1F. The number of β-lactam (4-membered cyclic amide) rings is 1. The molecule has 2 saturated heterocycles. The lowest BCUT2D eigenvalue weighted by Gasteiger charge is -2.37. The molecule has 3 aromatic rings. The number of nitrogen functional groups attached to an aromatic ring is 1. The average Bonchev–Trinajstić information content (AvgIpc) is 2.84. The topological polar surface area (TPSA) is 91.5 Å². The van der Waals surface area contributed by atoms with E-state index in [4.69, 9.17) is 5.73 Å². The third-order valence-electron chi connectivity index (χ3n) is 6.08. The van der Waals surface area contributed by atoms with Gasteiger partial charge in [-0.2, -0.15) is 18.2 Å². The Labute approximate surface area is 198 Å². The smallest absolute Gasteiger partial charge is 0.396 e. The lowest BCUT2D eigenvalue weighted by Crippen LogP contribution is -2.48. The molecule has 0 saturated carbocycles. The normalized spacial score (nSPS) is 16.5. The largest absolute Gasteiger partial charge is 0.419 e. The Morgan fingerprint density at radius 3 is 2.31 bits per heavy atom. The first kappa shape index (κ1) is 22.8. The van der Waals surface area contributed by atoms with Crippen LogP contribution in [0.4, 0.5) is 40.8 Å². The molecule has 8 nitrogen and oxygen atoms in total. The number of benzene rings is 1. The van der Waals surface area contributed by atoms with Crippen LogP contribution in [0.1, 0.15) is 12.0 Å². The number of hydrogen-bond acceptors (Lipinski definition) is 7. The quantitative estimate of drug-likeness (QED) is 0.343. The van der Waals surface area contributed by atoms with Gasteiger partial charge in [-0.25, -0.2) is 14.4 Å². The monoisotopic (exact) mass is 487 g/mol. The second kappa shape index (κ2) is 8.67. The van der Waals surface area contributed by atoms with Crippen LogP contribution in [0, 0.1) is 5.82 Å². The van der Waals surface area contributed by atoms with E-state index in [-0.39, 0.29) is 23.4 Å². The fourth-order valence-electron chi connectivity index (χ4n) is 4.10. The molecular formula is C23H21F4N7O. The van der Waals surface area contributed by atoms with Gasteiger partial charge in [0.1, 0.15) is 17.5 Å². The molecule has 0 bridgehead atoms. The van der Waals surface area contributed by atoms with Crippen LogP contribution >= 0.6 is 0 Å². The highest BCUT2D eigenvalue weighted by molar-refractivity contribution is 5.98. The molecule has 0 unspecified atom stereocenters. The Morgan fingerprint density at radius 2 is 1.69 bits per heavy atom. The highest BCUT2D eigenvalue weighted by Gasteiger charge is 2.36. The van der Waals surface area contributed by atoms with Gasteiger partial charge in [0.15, 0.2) is 0 Å². The van der Waals surface area contributed by atoms with E-state index in [9.17, 15) is 22.4 Å². The lowest BCUT2D eigenvalue weighted by atomic mass is 10.1. The number of carbonyl (C=O) groups excluding carboxylic acids is 1. The van der Waals surface area contributed by atoms with Gasteiger partial charge >= 0.3 is 6.18 Å². The molecular weight excluding hydrogens is 466 g/mol. The van der Waals surface area contributed by atoms with Gasteiger partial charge in [0.25, 0.3) is 0 Å². The van der Waals surface area contributed by atoms with Gasteiger partial charge in [0.2, 0.25) is 11.9 Å². The second-order valence-electron chi connectivity index (χ2n) is 8.29. The van der Waals surface area contributed by atoms with Crippen LogP contribution in [-0.2, 0) is 11.0 Å². The number of piperazine rings is 1. The van der Waals surface area contributed by atoms with Crippen LogP contribution in [0.25, 0.3) is 11.3 Å². The highest BCUT2D eigenvalue weighted by Crippen LogP contribution is 2.36. The molecule has 0 radical (unpaired) electrons. The molecule has 2 aliphatic rings. The summed E-state index contributed by atoms with van der Waals surface area (Å²) in [5.74, 6) is -0.0134. The fraction of sp³-hybridized carbons (Fsp3) is 0.304. The van der Waals surface area contributed by atoms with E-state index in [0.717, 1.165) is 6.07 Å². The molecule has 1 aromatic carbocycles. The summed E-state index contributed by atoms with van der Waals surface area (Å²) >= 11 is 0. The van der Waals surface area contributed by atoms with Gasteiger partial charge in [-0.1, -0.05) is 0 Å². The van der Waals surface area contributed by atoms with E-state index in [0.29, 0.717) is 56.2 Å². The van der Waals surface area contributed by atoms with Crippen LogP contribution in [0.2, 0.25) is 0 Å². The molecule has 0 aliphatic carbocycles. The predicted octanol–water partition coefficient (Wildman–Crippen LogP) is 3.34. The maximum absolute atomic E-state index is 13.7. The van der Waals surface area contributed by atoms with E-state index in [1.165, 1.54) is 35.4 Å². The molecule has 2 aliphatic heterocycles. The summed E-state index contributed by atoms with van der Waals surface area (Å²) in [6, 6.07) is 8.24. The van der Waals surface area contributed by atoms with Gasteiger partial charge in [0, 0.05) is 57.0 Å². The predicted molar refractivity (Wildman–Crippen MR) is 122 cm³/mol. The number of hydrogen-bond donors (Lipinski definition) is 1. The molecule has 5 rings (SSSR count). The Balaban J connectivity index is 1.43. The van der Waals surface area contributed by atoms with Crippen molar-refractivity contribution in [1.29, 1.82) is 0 Å². The van der Waals surface area contributed by atoms with Crippen molar-refractivity contribution in [3.63, 3.8) is 0 Å². The molecule has 2 fully saturated rings. The summed E-state index contributed by atoms with van der Waals surface area (Å²) in [5.41, 5.74) is 5.94. The second-order valence-corrected chi connectivity index (χ2v) is 8.29. The van der Waals surface area contributed by atoms with Crippen LogP contribution < -0.4 is 20.4 Å². The number of aromatic nitrogens is 3. The molecule has 1 amide bonds. The lowest BCUT2D eigenvalue weighted by molar-refractivity contribution is -0.137. The molecule has 0 spiro atoms. The van der Waals surface area contributed by atoms with Crippen LogP contribution in [0.3, 0.4) is 0 Å². The Bertz CT molecular complexity index is 1270. The number of nitrogens with two attached hydrogens (primary N) is 1. The van der Waals surface area contributed by atoms with Gasteiger partial charge in [-0.3, -0.25) is 9.69 Å². The first-order valence-electron chi connectivity index (χ1n) is 11.0. The van der Waals surface area contributed by atoms with Crippen molar-refractivity contribution in [2.45, 2.75) is 12.6 Å².